The van der Waals surface area contributed by atoms with Crippen LogP contribution >= 0.6 is 24.0 Å². The Labute approximate surface area is 93.5 Å². The van der Waals surface area contributed by atoms with E-state index in [-0.39, 0.29) is 0 Å². The molecule has 0 spiro atoms. The molecule has 2 nitrogen and oxygen atoms in total. The largest absolute Gasteiger partial charge is 0.346 e. The van der Waals surface area contributed by atoms with Gasteiger partial charge in [0.2, 0.25) is 0 Å². The predicted octanol–water partition coefficient (Wildman–Crippen LogP) is 2.88. The lowest BCUT2D eigenvalue weighted by Crippen LogP contribution is -1.99. The van der Waals surface area contributed by atoms with Gasteiger partial charge in [-0.05, 0) is 25.0 Å². The third-order valence-corrected chi connectivity index (χ3v) is 3.67. The lowest BCUT2D eigenvalue weighted by molar-refractivity contribution is 0.893. The van der Waals surface area contributed by atoms with Gasteiger partial charge in [0, 0.05) is 11.3 Å². The van der Waals surface area contributed by atoms with Crippen molar-refractivity contribution in [3.63, 3.8) is 0 Å². The van der Waals surface area contributed by atoms with Gasteiger partial charge >= 0.3 is 0 Å². The summed E-state index contributed by atoms with van der Waals surface area (Å²) in [7, 11) is 0. The minimum absolute atomic E-state index is 0.822. The van der Waals surface area contributed by atoms with E-state index in [1.807, 2.05) is 11.8 Å². The Kier molecular flexibility index (Phi) is 3.23. The molecule has 0 aliphatic heterocycles. The summed E-state index contributed by atoms with van der Waals surface area (Å²) in [6.07, 6.45) is 3.48. The predicted molar refractivity (Wildman–Crippen MR) is 63.3 cm³/mol. The van der Waals surface area contributed by atoms with Crippen molar-refractivity contribution in [1.82, 2.24) is 9.97 Å². The molecule has 4 heteroatoms. The number of aromatic nitrogens is 2. The summed E-state index contributed by atoms with van der Waals surface area (Å²) in [5.74, 6) is 3.12. The molecule has 0 bridgehead atoms. The fraction of sp³-hybridized carbons (Fsp3) is 0.600. The van der Waals surface area contributed by atoms with Crippen LogP contribution in [-0.4, -0.2) is 15.7 Å². The average molecular weight is 226 g/mol. The molecule has 2 rings (SSSR count). The number of hydrogen-bond acceptors (Lipinski definition) is 3. The number of aromatic amines is 1. The highest BCUT2D eigenvalue weighted by Crippen LogP contribution is 2.21. The molecule has 0 saturated carbocycles. The molecular formula is C10H14N2S2. The summed E-state index contributed by atoms with van der Waals surface area (Å²) in [5, 5.41) is 0. The molecule has 0 unspecified atom stereocenters. The molecule has 1 aliphatic carbocycles. The average Bonchev–Trinajstić information content (AvgIpc) is 2.63. The Hall–Kier alpha value is -0.350. The van der Waals surface area contributed by atoms with E-state index >= 15 is 0 Å². The van der Waals surface area contributed by atoms with Gasteiger partial charge in [0.25, 0.3) is 0 Å². The van der Waals surface area contributed by atoms with Crippen molar-refractivity contribution in [2.24, 2.45) is 0 Å². The summed E-state index contributed by atoms with van der Waals surface area (Å²) in [5.41, 5.74) is 2.61. The fourth-order valence-corrected chi connectivity index (χ4v) is 2.65. The van der Waals surface area contributed by atoms with E-state index in [4.69, 9.17) is 12.2 Å². The van der Waals surface area contributed by atoms with Crippen molar-refractivity contribution in [3.8, 4) is 0 Å². The van der Waals surface area contributed by atoms with Gasteiger partial charge in [0.15, 0.2) is 0 Å². The number of nitrogens with zero attached hydrogens (tertiary/aromatic N) is 1. The van der Waals surface area contributed by atoms with Crippen molar-refractivity contribution < 1.29 is 0 Å². The van der Waals surface area contributed by atoms with E-state index in [2.05, 4.69) is 16.9 Å². The van der Waals surface area contributed by atoms with Crippen LogP contribution in [0, 0.1) is 4.64 Å². The van der Waals surface area contributed by atoms with Crippen LogP contribution in [0.25, 0.3) is 0 Å². The van der Waals surface area contributed by atoms with Crippen molar-refractivity contribution >= 4 is 24.0 Å². The zero-order valence-corrected chi connectivity index (χ0v) is 9.93. The summed E-state index contributed by atoms with van der Waals surface area (Å²) in [6.45, 7) is 2.16. The Balaban J connectivity index is 2.28. The number of fused-ring (bicyclic) bond motifs is 1. The maximum Gasteiger partial charge on any atom is 0.133 e. The quantitative estimate of drug-likeness (QED) is 0.803. The highest BCUT2D eigenvalue weighted by molar-refractivity contribution is 7.98. The van der Waals surface area contributed by atoms with E-state index in [0.29, 0.717) is 0 Å². The van der Waals surface area contributed by atoms with Crippen LogP contribution in [-0.2, 0) is 18.6 Å². The Morgan fingerprint density at radius 2 is 2.36 bits per heavy atom. The molecule has 1 aromatic rings. The van der Waals surface area contributed by atoms with Gasteiger partial charge < -0.3 is 4.98 Å². The first-order valence-electron chi connectivity index (χ1n) is 5.00. The minimum atomic E-state index is 0.822. The monoisotopic (exact) mass is 226 g/mol. The van der Waals surface area contributed by atoms with Gasteiger partial charge in [-0.25, -0.2) is 4.98 Å². The molecule has 0 radical (unpaired) electrons. The standard InChI is InChI=1S/C10H14N2S2/c1-2-14-6-9-11-8-5-3-4-7(8)10(13)12-9/h2-6H2,1H3,(H,11,12,13). The van der Waals surface area contributed by atoms with Gasteiger partial charge in [-0.15, -0.1) is 0 Å². The van der Waals surface area contributed by atoms with Gasteiger partial charge in [-0.3, -0.25) is 0 Å². The summed E-state index contributed by atoms with van der Waals surface area (Å²) < 4.78 is 0.822. The molecular weight excluding hydrogens is 212 g/mol. The van der Waals surface area contributed by atoms with E-state index < -0.39 is 0 Å². The molecule has 1 heterocycles. The molecule has 14 heavy (non-hydrogen) atoms. The first kappa shape index (κ1) is 10.2. The SMILES string of the molecule is CCSCc1nc(=S)c2c([nH]1)CCC2. The number of nitrogens with one attached hydrogen (secondary N) is 1. The van der Waals surface area contributed by atoms with Crippen LogP contribution in [0.5, 0.6) is 0 Å². The smallest absolute Gasteiger partial charge is 0.133 e. The van der Waals surface area contributed by atoms with E-state index in [1.165, 1.54) is 17.7 Å². The number of thioether (sulfide) groups is 1. The zero-order chi connectivity index (χ0) is 9.97. The van der Waals surface area contributed by atoms with Crippen molar-refractivity contribution in [2.45, 2.75) is 31.9 Å². The summed E-state index contributed by atoms with van der Waals surface area (Å²) in [4.78, 5) is 7.82. The van der Waals surface area contributed by atoms with Crippen molar-refractivity contribution in [3.05, 3.63) is 21.7 Å². The van der Waals surface area contributed by atoms with Crippen molar-refractivity contribution in [2.75, 3.05) is 5.75 Å². The minimum Gasteiger partial charge on any atom is -0.346 e. The molecule has 1 N–H and O–H groups in total. The second-order valence-electron chi connectivity index (χ2n) is 3.44. The van der Waals surface area contributed by atoms with Crippen LogP contribution in [0.15, 0.2) is 0 Å². The van der Waals surface area contributed by atoms with Crippen LogP contribution in [0.1, 0.15) is 30.4 Å². The second kappa shape index (κ2) is 4.45. The molecule has 0 fully saturated rings. The van der Waals surface area contributed by atoms with E-state index in [1.54, 1.807) is 0 Å². The van der Waals surface area contributed by atoms with Gasteiger partial charge in [0.1, 0.15) is 10.5 Å². The molecule has 1 aliphatic rings. The van der Waals surface area contributed by atoms with Crippen LogP contribution in [0.4, 0.5) is 0 Å². The normalized spacial score (nSPS) is 14.4. The number of H-pyrrole nitrogens is 1. The molecule has 0 amide bonds. The lowest BCUT2D eigenvalue weighted by Gasteiger charge is -2.04. The highest BCUT2D eigenvalue weighted by atomic mass is 32.2. The van der Waals surface area contributed by atoms with Gasteiger partial charge in [0.05, 0.1) is 5.75 Å². The summed E-state index contributed by atoms with van der Waals surface area (Å²) >= 11 is 7.15. The molecule has 1 aromatic heterocycles. The molecule has 0 atom stereocenters. The number of aryl methyl sites for hydroxylation is 1. The third-order valence-electron chi connectivity index (χ3n) is 2.45. The van der Waals surface area contributed by atoms with Crippen LogP contribution < -0.4 is 0 Å². The first-order valence-corrected chi connectivity index (χ1v) is 6.56. The number of rotatable bonds is 3. The Bertz CT molecular complexity index is 384. The molecule has 76 valence electrons. The Morgan fingerprint density at radius 1 is 1.50 bits per heavy atom. The van der Waals surface area contributed by atoms with Gasteiger partial charge in [-0.2, -0.15) is 11.8 Å². The third kappa shape index (κ3) is 2.01. The maximum absolute atomic E-state index is 5.28. The number of hydrogen-bond donors (Lipinski definition) is 1. The van der Waals surface area contributed by atoms with E-state index in [9.17, 15) is 0 Å². The van der Waals surface area contributed by atoms with Crippen molar-refractivity contribution in [1.29, 1.82) is 0 Å². The second-order valence-corrected chi connectivity index (χ2v) is 5.10. The van der Waals surface area contributed by atoms with E-state index in [0.717, 1.165) is 34.8 Å². The first-order chi connectivity index (χ1) is 6.81. The summed E-state index contributed by atoms with van der Waals surface area (Å²) in [6, 6.07) is 0. The highest BCUT2D eigenvalue weighted by Gasteiger charge is 2.14. The molecule has 0 aromatic carbocycles. The van der Waals surface area contributed by atoms with Gasteiger partial charge in [-0.1, -0.05) is 19.1 Å². The lowest BCUT2D eigenvalue weighted by atomic mass is 10.3. The topological polar surface area (TPSA) is 28.7 Å². The Morgan fingerprint density at radius 3 is 3.14 bits per heavy atom. The maximum atomic E-state index is 5.28. The zero-order valence-electron chi connectivity index (χ0n) is 8.30. The molecule has 0 saturated heterocycles. The fourth-order valence-electron chi connectivity index (χ4n) is 1.78. The van der Waals surface area contributed by atoms with Crippen LogP contribution in [0.2, 0.25) is 0 Å². The van der Waals surface area contributed by atoms with Crippen LogP contribution in [0.3, 0.4) is 0 Å².